The van der Waals surface area contributed by atoms with Gasteiger partial charge in [-0.1, -0.05) is 6.07 Å². The van der Waals surface area contributed by atoms with Crippen molar-refractivity contribution in [3.8, 4) is 10.8 Å². The maximum atomic E-state index is 12.2. The third-order valence-corrected chi connectivity index (χ3v) is 4.95. The molecule has 3 aromatic heterocycles. The fourth-order valence-corrected chi connectivity index (χ4v) is 3.50. The molecular formula is C13H11NO3S2. The molecule has 4 nitrogen and oxygen atoms in total. The van der Waals surface area contributed by atoms with Crippen LogP contribution in [0.25, 0.3) is 10.8 Å². The Labute approximate surface area is 116 Å². The van der Waals surface area contributed by atoms with Crippen LogP contribution in [0, 0.1) is 6.92 Å². The Hall–Kier alpha value is -1.66. The van der Waals surface area contributed by atoms with Gasteiger partial charge in [-0.2, -0.15) is 0 Å². The van der Waals surface area contributed by atoms with Gasteiger partial charge in [0.2, 0.25) is 5.89 Å². The normalized spacial score (nSPS) is 12.7. The molecule has 0 saturated heterocycles. The second-order valence-corrected chi connectivity index (χ2v) is 6.32. The van der Waals surface area contributed by atoms with E-state index in [2.05, 4.69) is 4.98 Å². The fraction of sp³-hybridized carbons (Fsp3) is 0.154. The second kappa shape index (κ2) is 5.14. The molecular weight excluding hydrogens is 282 g/mol. The zero-order valence-electron chi connectivity index (χ0n) is 10.2. The number of furan rings is 1. The Morgan fingerprint density at radius 3 is 2.95 bits per heavy atom. The lowest BCUT2D eigenvalue weighted by Gasteiger charge is -1.96. The van der Waals surface area contributed by atoms with Gasteiger partial charge in [0, 0.05) is 0 Å². The number of nitrogens with zero attached hydrogens (tertiary/aromatic N) is 1. The van der Waals surface area contributed by atoms with Crippen molar-refractivity contribution in [2.24, 2.45) is 0 Å². The molecule has 0 aromatic carbocycles. The zero-order valence-corrected chi connectivity index (χ0v) is 11.8. The van der Waals surface area contributed by atoms with Crippen LogP contribution in [-0.2, 0) is 16.6 Å². The van der Waals surface area contributed by atoms with E-state index in [-0.39, 0.29) is 0 Å². The van der Waals surface area contributed by atoms with Crippen LogP contribution in [0.3, 0.4) is 0 Å². The van der Waals surface area contributed by atoms with Crippen LogP contribution in [0.5, 0.6) is 0 Å². The van der Waals surface area contributed by atoms with E-state index < -0.39 is 10.8 Å². The van der Waals surface area contributed by atoms with Crippen molar-refractivity contribution in [3.05, 3.63) is 47.6 Å². The number of rotatable bonds is 4. The highest BCUT2D eigenvalue weighted by Crippen LogP contribution is 2.25. The first kappa shape index (κ1) is 12.4. The van der Waals surface area contributed by atoms with E-state index in [1.165, 1.54) is 0 Å². The van der Waals surface area contributed by atoms with E-state index in [1.54, 1.807) is 36.9 Å². The molecule has 1 unspecified atom stereocenters. The summed E-state index contributed by atoms with van der Waals surface area (Å²) in [6.07, 6.45) is 3.10. The maximum absolute atomic E-state index is 12.2. The average molecular weight is 293 g/mol. The molecule has 0 saturated carbocycles. The predicted octanol–water partition coefficient (Wildman–Crippen LogP) is 3.61. The molecule has 3 rings (SSSR count). The van der Waals surface area contributed by atoms with Crippen LogP contribution >= 0.6 is 11.3 Å². The SMILES string of the molecule is Cc1occc1S(=O)Cc1coc(-c2cccs2)n1. The highest BCUT2D eigenvalue weighted by atomic mass is 32.2. The summed E-state index contributed by atoms with van der Waals surface area (Å²) >= 11 is 1.56. The smallest absolute Gasteiger partial charge is 0.236 e. The van der Waals surface area contributed by atoms with Crippen molar-refractivity contribution < 1.29 is 13.0 Å². The summed E-state index contributed by atoms with van der Waals surface area (Å²) in [5, 5.41) is 1.96. The number of aryl methyl sites for hydroxylation is 1. The molecule has 0 bridgehead atoms. The summed E-state index contributed by atoms with van der Waals surface area (Å²) in [5.74, 6) is 1.58. The minimum absolute atomic E-state index is 0.329. The van der Waals surface area contributed by atoms with Gasteiger partial charge in [0.15, 0.2) is 0 Å². The second-order valence-electron chi connectivity index (χ2n) is 3.95. The molecule has 0 aliphatic carbocycles. The topological polar surface area (TPSA) is 56.2 Å². The van der Waals surface area contributed by atoms with E-state index in [0.29, 0.717) is 28.0 Å². The van der Waals surface area contributed by atoms with Gasteiger partial charge < -0.3 is 8.83 Å². The van der Waals surface area contributed by atoms with Gasteiger partial charge in [-0.15, -0.1) is 11.3 Å². The lowest BCUT2D eigenvalue weighted by Crippen LogP contribution is -1.97. The third kappa shape index (κ3) is 2.54. The molecule has 19 heavy (non-hydrogen) atoms. The van der Waals surface area contributed by atoms with Gasteiger partial charge in [0.25, 0.3) is 0 Å². The summed E-state index contributed by atoms with van der Waals surface area (Å²) in [6, 6.07) is 5.61. The number of thiophene rings is 1. The minimum Gasteiger partial charge on any atom is -0.468 e. The monoisotopic (exact) mass is 293 g/mol. The standard InChI is InChI=1S/C13H11NO3S2/c1-9-12(4-5-16-9)19(15)8-10-7-17-13(14-10)11-3-2-6-18-11/h2-7H,8H2,1H3. The molecule has 3 aromatic rings. The first-order valence-corrected chi connectivity index (χ1v) is 7.84. The molecule has 3 heterocycles. The van der Waals surface area contributed by atoms with Gasteiger partial charge in [-0.3, -0.25) is 4.21 Å². The van der Waals surface area contributed by atoms with Gasteiger partial charge >= 0.3 is 0 Å². The van der Waals surface area contributed by atoms with E-state index in [4.69, 9.17) is 8.83 Å². The molecule has 0 amide bonds. The van der Waals surface area contributed by atoms with Crippen molar-refractivity contribution in [1.82, 2.24) is 4.98 Å². The largest absolute Gasteiger partial charge is 0.468 e. The van der Waals surface area contributed by atoms with Crippen LogP contribution in [0.1, 0.15) is 11.5 Å². The van der Waals surface area contributed by atoms with Crippen molar-refractivity contribution in [1.29, 1.82) is 0 Å². The Morgan fingerprint density at radius 1 is 1.37 bits per heavy atom. The summed E-state index contributed by atoms with van der Waals surface area (Å²) in [6.45, 7) is 1.80. The Balaban J connectivity index is 1.78. The highest BCUT2D eigenvalue weighted by Gasteiger charge is 2.14. The predicted molar refractivity (Wildman–Crippen MR) is 73.4 cm³/mol. The fourth-order valence-electron chi connectivity index (χ4n) is 1.71. The van der Waals surface area contributed by atoms with Crippen molar-refractivity contribution >= 4 is 22.1 Å². The van der Waals surface area contributed by atoms with E-state index in [0.717, 1.165) is 4.88 Å². The van der Waals surface area contributed by atoms with Gasteiger partial charge in [-0.25, -0.2) is 4.98 Å². The van der Waals surface area contributed by atoms with E-state index in [1.807, 2.05) is 17.5 Å². The van der Waals surface area contributed by atoms with E-state index >= 15 is 0 Å². The Bertz CT molecular complexity index is 697. The molecule has 98 valence electrons. The van der Waals surface area contributed by atoms with Crippen LogP contribution in [-0.4, -0.2) is 9.19 Å². The minimum atomic E-state index is -1.16. The van der Waals surface area contributed by atoms with Gasteiger partial charge in [0.1, 0.15) is 12.0 Å². The molecule has 0 N–H and O–H groups in total. The van der Waals surface area contributed by atoms with E-state index in [9.17, 15) is 4.21 Å². The quantitative estimate of drug-likeness (QED) is 0.737. The number of hydrogen-bond acceptors (Lipinski definition) is 5. The van der Waals surface area contributed by atoms with Crippen LogP contribution < -0.4 is 0 Å². The maximum Gasteiger partial charge on any atom is 0.236 e. The molecule has 0 fully saturated rings. The highest BCUT2D eigenvalue weighted by molar-refractivity contribution is 7.84. The molecule has 1 atom stereocenters. The van der Waals surface area contributed by atoms with Crippen LogP contribution in [0.15, 0.2) is 49.8 Å². The zero-order chi connectivity index (χ0) is 13.2. The number of oxazole rings is 1. The number of hydrogen-bond donors (Lipinski definition) is 0. The van der Waals surface area contributed by atoms with Crippen molar-refractivity contribution in [2.45, 2.75) is 17.6 Å². The summed E-state index contributed by atoms with van der Waals surface area (Å²) < 4.78 is 22.7. The lowest BCUT2D eigenvalue weighted by molar-refractivity contribution is 0.525. The first-order chi connectivity index (χ1) is 9.24. The molecule has 0 radical (unpaired) electrons. The third-order valence-electron chi connectivity index (χ3n) is 2.62. The Morgan fingerprint density at radius 2 is 2.26 bits per heavy atom. The first-order valence-electron chi connectivity index (χ1n) is 5.65. The van der Waals surface area contributed by atoms with Crippen LogP contribution in [0.2, 0.25) is 0 Å². The molecule has 0 aliphatic heterocycles. The summed E-state index contributed by atoms with van der Waals surface area (Å²) in [5.41, 5.74) is 0.683. The van der Waals surface area contributed by atoms with Crippen LogP contribution in [0.4, 0.5) is 0 Å². The summed E-state index contributed by atoms with van der Waals surface area (Å²) in [4.78, 5) is 6.03. The Kier molecular flexibility index (Phi) is 3.35. The van der Waals surface area contributed by atoms with Crippen molar-refractivity contribution in [2.75, 3.05) is 0 Å². The average Bonchev–Trinajstić information content (AvgIpc) is 3.07. The van der Waals surface area contributed by atoms with Crippen molar-refractivity contribution in [3.63, 3.8) is 0 Å². The van der Waals surface area contributed by atoms with Gasteiger partial charge in [-0.05, 0) is 24.4 Å². The molecule has 0 aliphatic rings. The molecule has 6 heteroatoms. The molecule has 0 spiro atoms. The lowest BCUT2D eigenvalue weighted by atomic mass is 10.5. The summed E-state index contributed by atoms with van der Waals surface area (Å²) in [7, 11) is -1.16. The van der Waals surface area contributed by atoms with Gasteiger partial charge in [0.05, 0.1) is 38.3 Å². The number of aromatic nitrogens is 1.